The average molecular weight is 605 g/mol. The topological polar surface area (TPSA) is 87.9 Å². The third-order valence-corrected chi connectivity index (χ3v) is 7.86. The molecule has 1 N–H and O–H groups in total. The number of halogens is 2. The van der Waals surface area contributed by atoms with E-state index in [1.807, 2.05) is 53.4 Å². The van der Waals surface area contributed by atoms with E-state index in [1.165, 1.54) is 34.9 Å². The number of rotatable bonds is 4. The average Bonchev–Trinajstić information content (AvgIpc) is 2.92. The fraction of sp³-hybridized carbons (Fsp3) is 0.382. The third-order valence-electron chi connectivity index (χ3n) is 7.86. The number of aromatic nitrogens is 2. The Morgan fingerprint density at radius 2 is 1.82 bits per heavy atom. The molecule has 5 rings (SSSR count). The molecular weight excluding hydrogens is 566 g/mol. The molecule has 44 heavy (non-hydrogen) atoms. The maximum Gasteiger partial charge on any atom is 0.410 e. The minimum atomic E-state index is -0.791. The van der Waals surface area contributed by atoms with E-state index in [2.05, 4.69) is 4.98 Å². The van der Waals surface area contributed by atoms with Crippen molar-refractivity contribution >= 4 is 22.7 Å². The molecule has 0 bridgehead atoms. The number of amides is 1. The Morgan fingerprint density at radius 3 is 2.45 bits per heavy atom. The molecule has 4 aromatic rings. The molecular formula is C34H38F2N4O4. The summed E-state index contributed by atoms with van der Waals surface area (Å²) in [5.74, 6) is -2.00. The van der Waals surface area contributed by atoms with E-state index in [0.717, 1.165) is 11.6 Å². The van der Waals surface area contributed by atoms with E-state index in [9.17, 15) is 14.7 Å². The first-order chi connectivity index (χ1) is 20.7. The number of pyridine rings is 2. The van der Waals surface area contributed by atoms with E-state index in [1.54, 1.807) is 17.2 Å². The van der Waals surface area contributed by atoms with Crippen LogP contribution in [0.25, 0.3) is 27.7 Å². The second kappa shape index (κ2) is 11.6. The van der Waals surface area contributed by atoms with Gasteiger partial charge in [-0.25, -0.2) is 13.6 Å². The SMILES string of the molecule is Cc1ccnc(C(C)C)c1-n1c(=O)cc(N2CCN(C(=O)OC(C)(C)C)[C@@H](C)C2)c2cc(F)c(-c3c(O)cccc3F)cc21. The highest BCUT2D eigenvalue weighted by molar-refractivity contribution is 5.96. The van der Waals surface area contributed by atoms with E-state index >= 15 is 8.78 Å². The molecule has 10 heteroatoms. The van der Waals surface area contributed by atoms with Crippen LogP contribution < -0.4 is 10.5 Å². The van der Waals surface area contributed by atoms with Crippen LogP contribution in [0.5, 0.6) is 5.75 Å². The molecule has 0 saturated carbocycles. The van der Waals surface area contributed by atoms with Gasteiger partial charge in [-0.1, -0.05) is 19.9 Å². The maximum atomic E-state index is 16.0. The highest BCUT2D eigenvalue weighted by Crippen LogP contribution is 2.39. The molecule has 232 valence electrons. The minimum Gasteiger partial charge on any atom is -0.507 e. The number of hydrogen-bond donors (Lipinski definition) is 1. The van der Waals surface area contributed by atoms with Crippen molar-refractivity contribution in [3.05, 3.63) is 81.9 Å². The lowest BCUT2D eigenvalue weighted by Gasteiger charge is -2.41. The summed E-state index contributed by atoms with van der Waals surface area (Å²) in [6, 6.07) is 9.51. The molecule has 0 radical (unpaired) electrons. The maximum absolute atomic E-state index is 16.0. The summed E-state index contributed by atoms with van der Waals surface area (Å²) in [6.07, 6.45) is 1.27. The normalized spacial score (nSPS) is 15.7. The molecule has 1 aliphatic heterocycles. The number of hydrogen-bond acceptors (Lipinski definition) is 6. The minimum absolute atomic E-state index is 0.0381. The van der Waals surface area contributed by atoms with Crippen LogP contribution >= 0.6 is 0 Å². The Labute approximate surface area is 255 Å². The number of ether oxygens (including phenoxy) is 1. The lowest BCUT2D eigenvalue weighted by atomic mass is 9.98. The van der Waals surface area contributed by atoms with Gasteiger partial charge in [0, 0.05) is 48.9 Å². The van der Waals surface area contributed by atoms with Gasteiger partial charge >= 0.3 is 6.09 Å². The number of carbonyl (C=O) groups is 1. The van der Waals surface area contributed by atoms with Crippen molar-refractivity contribution in [1.82, 2.24) is 14.5 Å². The number of aromatic hydroxyl groups is 1. The van der Waals surface area contributed by atoms with Gasteiger partial charge in [0.05, 0.1) is 28.1 Å². The molecule has 1 saturated heterocycles. The van der Waals surface area contributed by atoms with Crippen LogP contribution in [0.1, 0.15) is 58.7 Å². The van der Waals surface area contributed by atoms with Crippen LogP contribution in [0, 0.1) is 18.6 Å². The van der Waals surface area contributed by atoms with Crippen molar-refractivity contribution in [3.8, 4) is 22.6 Å². The summed E-state index contributed by atoms with van der Waals surface area (Å²) < 4.78 is 38.1. The Kier molecular flexibility index (Phi) is 8.13. The second-order valence-corrected chi connectivity index (χ2v) is 12.7. The van der Waals surface area contributed by atoms with E-state index in [4.69, 9.17) is 4.74 Å². The number of nitrogens with zero attached hydrogens (tertiary/aromatic N) is 4. The molecule has 1 amide bonds. The number of piperazine rings is 1. The van der Waals surface area contributed by atoms with Crippen molar-refractivity contribution in [2.24, 2.45) is 0 Å². The van der Waals surface area contributed by atoms with Crippen molar-refractivity contribution < 1.29 is 23.4 Å². The van der Waals surface area contributed by atoms with Gasteiger partial charge in [0.2, 0.25) is 0 Å². The van der Waals surface area contributed by atoms with Gasteiger partial charge in [0.15, 0.2) is 0 Å². The van der Waals surface area contributed by atoms with Crippen molar-refractivity contribution in [2.45, 2.75) is 66.0 Å². The van der Waals surface area contributed by atoms with Crippen LogP contribution in [0.2, 0.25) is 0 Å². The molecule has 1 atom stereocenters. The quantitative estimate of drug-likeness (QED) is 0.272. The standard InChI is InChI=1S/C34H38F2N4O4/c1-19(2)31-32(20(3)11-12-37-31)40-27-16-22(30-24(35)9-8-10-28(30)41)25(36)15-23(27)26(17-29(40)42)38-13-14-39(21(4)18-38)33(43)44-34(5,6)7/h8-12,15-17,19,21,41H,13-14,18H2,1-7H3/t21-/m0/s1. The molecule has 0 unspecified atom stereocenters. The molecule has 0 spiro atoms. The summed E-state index contributed by atoms with van der Waals surface area (Å²) in [6.45, 7) is 14.2. The molecule has 1 fully saturated rings. The summed E-state index contributed by atoms with van der Waals surface area (Å²) in [5, 5.41) is 11.0. The summed E-state index contributed by atoms with van der Waals surface area (Å²) in [7, 11) is 0. The number of phenols is 1. The Balaban J connectivity index is 1.73. The van der Waals surface area contributed by atoms with Gasteiger partial charge in [-0.3, -0.25) is 14.3 Å². The second-order valence-electron chi connectivity index (χ2n) is 12.7. The van der Waals surface area contributed by atoms with Crippen LogP contribution in [0.4, 0.5) is 19.3 Å². The number of phenolic OH excluding ortho intramolecular Hbond substituents is 1. The first kappa shape index (κ1) is 31.0. The number of aryl methyl sites for hydroxylation is 1. The van der Waals surface area contributed by atoms with Crippen molar-refractivity contribution in [2.75, 3.05) is 24.5 Å². The molecule has 8 nitrogen and oxygen atoms in total. The fourth-order valence-corrected chi connectivity index (χ4v) is 5.85. The Bertz CT molecular complexity index is 1790. The summed E-state index contributed by atoms with van der Waals surface area (Å²) in [4.78, 5) is 35.1. The monoisotopic (exact) mass is 604 g/mol. The zero-order chi connectivity index (χ0) is 32.1. The molecule has 1 aliphatic rings. The number of benzene rings is 2. The van der Waals surface area contributed by atoms with E-state index < -0.39 is 29.1 Å². The summed E-state index contributed by atoms with van der Waals surface area (Å²) >= 11 is 0. The van der Waals surface area contributed by atoms with E-state index in [-0.39, 0.29) is 28.6 Å². The summed E-state index contributed by atoms with van der Waals surface area (Å²) in [5.41, 5.74) is 1.40. The van der Waals surface area contributed by atoms with E-state index in [0.29, 0.717) is 47.6 Å². The first-order valence-electron chi connectivity index (χ1n) is 14.8. The Hall–Kier alpha value is -4.47. The number of carbonyl (C=O) groups excluding carboxylic acids is 1. The van der Waals surface area contributed by atoms with Crippen LogP contribution in [-0.2, 0) is 4.74 Å². The van der Waals surface area contributed by atoms with Gasteiger partial charge in [-0.05, 0) is 76.4 Å². The lowest BCUT2D eigenvalue weighted by Crippen LogP contribution is -2.55. The number of anilines is 1. The van der Waals surface area contributed by atoms with Crippen LogP contribution in [0.3, 0.4) is 0 Å². The van der Waals surface area contributed by atoms with Gasteiger partial charge in [-0.15, -0.1) is 0 Å². The number of fused-ring (bicyclic) bond motifs is 1. The third kappa shape index (κ3) is 5.73. The molecule has 2 aromatic heterocycles. The smallest absolute Gasteiger partial charge is 0.410 e. The molecule has 2 aromatic carbocycles. The molecule has 3 heterocycles. The Morgan fingerprint density at radius 1 is 1.09 bits per heavy atom. The van der Waals surface area contributed by atoms with Gasteiger partial charge < -0.3 is 19.6 Å². The predicted octanol–water partition coefficient (Wildman–Crippen LogP) is 6.91. The zero-order valence-electron chi connectivity index (χ0n) is 26.1. The van der Waals surface area contributed by atoms with Gasteiger partial charge in [0.1, 0.15) is 23.0 Å². The van der Waals surface area contributed by atoms with Crippen molar-refractivity contribution in [3.63, 3.8) is 0 Å². The largest absolute Gasteiger partial charge is 0.507 e. The first-order valence-corrected chi connectivity index (χ1v) is 14.8. The fourth-order valence-electron chi connectivity index (χ4n) is 5.85. The zero-order valence-corrected chi connectivity index (χ0v) is 26.1. The van der Waals surface area contributed by atoms with Crippen LogP contribution in [-0.4, -0.2) is 56.9 Å². The van der Waals surface area contributed by atoms with Gasteiger partial charge in [-0.2, -0.15) is 0 Å². The lowest BCUT2D eigenvalue weighted by molar-refractivity contribution is 0.0159. The molecule has 0 aliphatic carbocycles. The highest BCUT2D eigenvalue weighted by atomic mass is 19.1. The highest BCUT2D eigenvalue weighted by Gasteiger charge is 2.32. The predicted molar refractivity (Wildman–Crippen MR) is 168 cm³/mol. The van der Waals surface area contributed by atoms with Crippen molar-refractivity contribution in [1.29, 1.82) is 0 Å². The van der Waals surface area contributed by atoms with Gasteiger partial charge in [0.25, 0.3) is 5.56 Å². The van der Waals surface area contributed by atoms with Crippen LogP contribution in [0.15, 0.2) is 53.5 Å².